The minimum Gasteiger partial charge on any atom is -0.342 e. The normalized spacial score (nSPS) is 19.6. The lowest BCUT2D eigenvalue weighted by Gasteiger charge is -2.34. The zero-order chi connectivity index (χ0) is 21.1. The number of likely N-dealkylation sites (tertiary alicyclic amines) is 1. The van der Waals surface area contributed by atoms with Crippen LogP contribution >= 0.6 is 0 Å². The predicted molar refractivity (Wildman–Crippen MR) is 114 cm³/mol. The maximum atomic E-state index is 13.0. The Bertz CT molecular complexity index is 788. The van der Waals surface area contributed by atoms with Gasteiger partial charge in [-0.1, -0.05) is 12.1 Å². The minimum atomic E-state index is -3.50. The fourth-order valence-corrected chi connectivity index (χ4v) is 5.10. The van der Waals surface area contributed by atoms with E-state index in [2.05, 4.69) is 31.0 Å². The van der Waals surface area contributed by atoms with Crippen molar-refractivity contribution in [2.45, 2.75) is 50.6 Å². The second-order valence-corrected chi connectivity index (χ2v) is 11.0. The third-order valence-electron chi connectivity index (χ3n) is 5.53. The molecule has 0 atom stereocenters. The Balaban J connectivity index is 1.53. The molecule has 0 spiro atoms. The number of carbonyl (C=O) groups excluding carboxylic acids is 1. The summed E-state index contributed by atoms with van der Waals surface area (Å²) in [4.78, 5) is 16.6. The number of hydrogen-bond donors (Lipinski definition) is 1. The van der Waals surface area contributed by atoms with Crippen LogP contribution in [0.2, 0.25) is 0 Å². The molecule has 0 aromatic heterocycles. The van der Waals surface area contributed by atoms with Gasteiger partial charge in [0.25, 0.3) is 0 Å². The fraction of sp³-hybridized carbons (Fsp3) is 0.667. The van der Waals surface area contributed by atoms with Gasteiger partial charge in [0.2, 0.25) is 15.9 Å². The van der Waals surface area contributed by atoms with Crippen LogP contribution in [0.3, 0.4) is 0 Å². The van der Waals surface area contributed by atoms with Gasteiger partial charge in [-0.25, -0.2) is 8.42 Å². The highest BCUT2D eigenvalue weighted by molar-refractivity contribution is 7.89. The molecule has 2 saturated heterocycles. The summed E-state index contributed by atoms with van der Waals surface area (Å²) in [7, 11) is -3.50. The summed E-state index contributed by atoms with van der Waals surface area (Å²) in [5, 5.41) is 3.40. The number of amides is 1. The first kappa shape index (κ1) is 22.2. The Labute approximate surface area is 175 Å². The molecule has 1 N–H and O–H groups in total. The quantitative estimate of drug-likeness (QED) is 0.752. The summed E-state index contributed by atoms with van der Waals surface area (Å²) in [6.45, 7) is 11.1. The number of nitrogens with one attached hydrogen (secondary N) is 1. The molecule has 2 fully saturated rings. The molecule has 0 unspecified atom stereocenters. The number of sulfonamides is 1. The highest BCUT2D eigenvalue weighted by atomic mass is 32.2. The molecule has 2 heterocycles. The number of benzene rings is 1. The third-order valence-corrected chi connectivity index (χ3v) is 7.45. The van der Waals surface area contributed by atoms with Crippen LogP contribution in [0.5, 0.6) is 0 Å². The van der Waals surface area contributed by atoms with Gasteiger partial charge in [-0.15, -0.1) is 0 Å². The molecule has 7 nitrogen and oxygen atoms in total. The van der Waals surface area contributed by atoms with Gasteiger partial charge in [-0.2, -0.15) is 4.31 Å². The summed E-state index contributed by atoms with van der Waals surface area (Å²) in [6, 6.07) is 7.13. The molecule has 0 bridgehead atoms. The lowest BCUT2D eigenvalue weighted by Crippen LogP contribution is -2.51. The smallest absolute Gasteiger partial charge is 0.243 e. The van der Waals surface area contributed by atoms with E-state index in [1.807, 2.05) is 17.0 Å². The molecule has 2 aliphatic heterocycles. The third kappa shape index (κ3) is 6.01. The first-order chi connectivity index (χ1) is 13.6. The minimum absolute atomic E-state index is 0.0145. The first-order valence-electron chi connectivity index (χ1n) is 10.5. The number of hydrogen-bond acceptors (Lipinski definition) is 5. The lowest BCUT2D eigenvalue weighted by molar-refractivity contribution is -0.131. The molecule has 0 aliphatic carbocycles. The Morgan fingerprint density at radius 3 is 2.10 bits per heavy atom. The largest absolute Gasteiger partial charge is 0.342 e. The Kier molecular flexibility index (Phi) is 6.98. The highest BCUT2D eigenvalue weighted by Crippen LogP contribution is 2.19. The molecule has 162 valence electrons. The number of piperazine rings is 1. The second-order valence-electron chi connectivity index (χ2n) is 9.02. The van der Waals surface area contributed by atoms with Crippen LogP contribution in [0.1, 0.15) is 39.2 Å². The highest BCUT2D eigenvalue weighted by Gasteiger charge is 2.30. The Morgan fingerprint density at radius 2 is 1.55 bits per heavy atom. The van der Waals surface area contributed by atoms with E-state index < -0.39 is 10.0 Å². The van der Waals surface area contributed by atoms with Crippen LogP contribution in [0.25, 0.3) is 0 Å². The van der Waals surface area contributed by atoms with E-state index in [4.69, 9.17) is 0 Å². The van der Waals surface area contributed by atoms with Crippen molar-refractivity contribution in [3.8, 4) is 0 Å². The van der Waals surface area contributed by atoms with Crippen molar-refractivity contribution >= 4 is 15.9 Å². The topological polar surface area (TPSA) is 73.0 Å². The number of carbonyl (C=O) groups is 1. The average molecular weight is 423 g/mol. The van der Waals surface area contributed by atoms with Crippen molar-refractivity contribution < 1.29 is 13.2 Å². The van der Waals surface area contributed by atoms with Crippen molar-refractivity contribution in [2.24, 2.45) is 0 Å². The summed E-state index contributed by atoms with van der Waals surface area (Å²) >= 11 is 0. The molecule has 1 aromatic rings. The van der Waals surface area contributed by atoms with Crippen LogP contribution in [0.15, 0.2) is 29.2 Å². The molecule has 8 heteroatoms. The summed E-state index contributed by atoms with van der Waals surface area (Å²) in [5.74, 6) is 0.165. The standard InChI is InChI=1S/C21H34N4O3S/c1-21(2,3)22-16-18-6-8-19(9-7-18)29(27,28)25-14-12-23(13-15-25)17-20(26)24-10-4-5-11-24/h6-9,22H,4-5,10-17H2,1-3H3. The predicted octanol–water partition coefficient (Wildman–Crippen LogP) is 1.50. The van der Waals surface area contributed by atoms with Crippen molar-refractivity contribution in [3.63, 3.8) is 0 Å². The summed E-state index contributed by atoms with van der Waals surface area (Å²) in [5.41, 5.74) is 1.07. The van der Waals surface area contributed by atoms with Crippen LogP contribution < -0.4 is 5.32 Å². The van der Waals surface area contributed by atoms with E-state index in [-0.39, 0.29) is 11.4 Å². The number of nitrogens with zero attached hydrogens (tertiary/aromatic N) is 3. The van der Waals surface area contributed by atoms with E-state index in [0.29, 0.717) is 44.2 Å². The van der Waals surface area contributed by atoms with E-state index in [1.165, 1.54) is 4.31 Å². The molecule has 1 amide bonds. The molecule has 0 saturated carbocycles. The second kappa shape index (κ2) is 9.12. The fourth-order valence-electron chi connectivity index (χ4n) is 3.68. The van der Waals surface area contributed by atoms with Gasteiger partial charge in [0.05, 0.1) is 11.4 Å². The van der Waals surface area contributed by atoms with Crippen LogP contribution in [-0.2, 0) is 21.4 Å². The van der Waals surface area contributed by atoms with E-state index >= 15 is 0 Å². The monoisotopic (exact) mass is 422 g/mol. The first-order valence-corrected chi connectivity index (χ1v) is 11.9. The summed E-state index contributed by atoms with van der Waals surface area (Å²) in [6.07, 6.45) is 2.17. The van der Waals surface area contributed by atoms with Crippen LogP contribution in [0, 0.1) is 0 Å². The molecule has 0 radical (unpaired) electrons. The molecular weight excluding hydrogens is 388 g/mol. The zero-order valence-electron chi connectivity index (χ0n) is 17.9. The van der Waals surface area contributed by atoms with Crippen molar-refractivity contribution in [2.75, 3.05) is 45.8 Å². The van der Waals surface area contributed by atoms with Crippen LogP contribution in [0.4, 0.5) is 0 Å². The molecule has 29 heavy (non-hydrogen) atoms. The zero-order valence-corrected chi connectivity index (χ0v) is 18.7. The Morgan fingerprint density at radius 1 is 0.966 bits per heavy atom. The molecule has 2 aliphatic rings. The molecular formula is C21H34N4O3S. The van der Waals surface area contributed by atoms with Gasteiger partial charge in [0.15, 0.2) is 0 Å². The van der Waals surface area contributed by atoms with Gasteiger partial charge in [0.1, 0.15) is 0 Å². The van der Waals surface area contributed by atoms with Gasteiger partial charge in [-0.3, -0.25) is 9.69 Å². The maximum absolute atomic E-state index is 13.0. The Hall–Kier alpha value is -1.48. The summed E-state index contributed by atoms with van der Waals surface area (Å²) < 4.78 is 27.5. The van der Waals surface area contributed by atoms with E-state index in [0.717, 1.165) is 31.5 Å². The lowest BCUT2D eigenvalue weighted by atomic mass is 10.1. The number of rotatable bonds is 6. The van der Waals surface area contributed by atoms with Crippen molar-refractivity contribution in [3.05, 3.63) is 29.8 Å². The molecule has 1 aromatic carbocycles. The van der Waals surface area contributed by atoms with Gasteiger partial charge in [0, 0.05) is 51.4 Å². The molecule has 3 rings (SSSR count). The van der Waals surface area contributed by atoms with Crippen molar-refractivity contribution in [1.29, 1.82) is 0 Å². The van der Waals surface area contributed by atoms with Gasteiger partial charge in [-0.05, 0) is 51.3 Å². The van der Waals surface area contributed by atoms with Gasteiger partial charge < -0.3 is 10.2 Å². The van der Waals surface area contributed by atoms with E-state index in [1.54, 1.807) is 12.1 Å². The van der Waals surface area contributed by atoms with Crippen molar-refractivity contribution in [1.82, 2.24) is 19.4 Å². The average Bonchev–Trinajstić information content (AvgIpc) is 3.22. The maximum Gasteiger partial charge on any atom is 0.243 e. The van der Waals surface area contributed by atoms with Gasteiger partial charge >= 0.3 is 0 Å². The van der Waals surface area contributed by atoms with E-state index in [9.17, 15) is 13.2 Å². The van der Waals surface area contributed by atoms with Crippen LogP contribution in [-0.4, -0.2) is 79.8 Å². The SMILES string of the molecule is CC(C)(C)NCc1ccc(S(=O)(=O)N2CCN(CC(=O)N3CCCC3)CC2)cc1.